The lowest BCUT2D eigenvalue weighted by Crippen LogP contribution is -2.14. The zero-order valence-electron chi connectivity index (χ0n) is 10.8. The van der Waals surface area contributed by atoms with Gasteiger partial charge in [0.15, 0.2) is 0 Å². The Hall–Kier alpha value is -1.89. The Morgan fingerprint density at radius 1 is 1.26 bits per heavy atom. The third-order valence-electron chi connectivity index (χ3n) is 2.60. The number of aromatic amines is 1. The number of hydrogen-bond donors (Lipinski definition) is 2. The molecule has 0 spiro atoms. The van der Waals surface area contributed by atoms with Crippen LogP contribution in [0.5, 0.6) is 0 Å². The van der Waals surface area contributed by atoms with Gasteiger partial charge in [0.25, 0.3) is 16.0 Å². The molecule has 0 amide bonds. The molecule has 7 heteroatoms. The summed E-state index contributed by atoms with van der Waals surface area (Å²) in [6.07, 6.45) is 1.97. The molecule has 1 heterocycles. The van der Waals surface area contributed by atoms with Crippen LogP contribution in [0.1, 0.15) is 24.7 Å². The van der Waals surface area contributed by atoms with E-state index in [1.165, 1.54) is 0 Å². The lowest BCUT2D eigenvalue weighted by molar-refractivity contribution is 0.601. The summed E-state index contributed by atoms with van der Waals surface area (Å²) in [4.78, 5) is 4.11. The van der Waals surface area contributed by atoms with Gasteiger partial charge in [0.05, 0.1) is 4.90 Å². The zero-order chi connectivity index (χ0) is 13.9. The molecule has 19 heavy (non-hydrogen) atoms. The van der Waals surface area contributed by atoms with Gasteiger partial charge in [-0.15, -0.1) is 5.10 Å². The molecule has 0 atom stereocenters. The molecule has 0 fully saturated rings. The minimum Gasteiger partial charge on any atom is -0.261 e. The Bertz CT molecular complexity index is 647. The number of aromatic nitrogens is 3. The fourth-order valence-electron chi connectivity index (χ4n) is 1.69. The van der Waals surface area contributed by atoms with Crippen molar-refractivity contribution in [2.45, 2.75) is 31.6 Å². The molecule has 2 aromatic rings. The Kier molecular flexibility index (Phi) is 3.84. The summed E-state index contributed by atoms with van der Waals surface area (Å²) in [7, 11) is -3.63. The zero-order valence-corrected chi connectivity index (χ0v) is 11.7. The minimum atomic E-state index is -3.63. The molecule has 2 N–H and O–H groups in total. The third-order valence-corrected chi connectivity index (χ3v) is 3.94. The molecule has 0 aliphatic heterocycles. The Balaban J connectivity index is 2.19. The number of benzene rings is 1. The van der Waals surface area contributed by atoms with Crippen molar-refractivity contribution in [2.75, 3.05) is 4.72 Å². The molecule has 0 bridgehead atoms. The average Bonchev–Trinajstić information content (AvgIpc) is 2.75. The first kappa shape index (κ1) is 13.5. The second-order valence-corrected chi connectivity index (χ2v) is 5.93. The third kappa shape index (κ3) is 3.31. The van der Waals surface area contributed by atoms with Crippen LogP contribution < -0.4 is 4.72 Å². The number of sulfonamides is 1. The van der Waals surface area contributed by atoms with E-state index in [4.69, 9.17) is 0 Å². The van der Waals surface area contributed by atoms with Crippen LogP contribution in [0.2, 0.25) is 0 Å². The smallest absolute Gasteiger partial charge is 0.261 e. The Labute approximate surface area is 112 Å². The van der Waals surface area contributed by atoms with Crippen LogP contribution in [0.3, 0.4) is 0 Å². The average molecular weight is 280 g/mol. The van der Waals surface area contributed by atoms with Gasteiger partial charge >= 0.3 is 0 Å². The van der Waals surface area contributed by atoms with Crippen molar-refractivity contribution in [3.8, 4) is 0 Å². The van der Waals surface area contributed by atoms with E-state index >= 15 is 0 Å². The number of anilines is 1. The van der Waals surface area contributed by atoms with Crippen molar-refractivity contribution in [1.82, 2.24) is 15.2 Å². The first-order valence-electron chi connectivity index (χ1n) is 6.02. The number of aryl methyl sites for hydroxylation is 2. The van der Waals surface area contributed by atoms with Crippen LogP contribution in [-0.2, 0) is 16.4 Å². The van der Waals surface area contributed by atoms with Crippen molar-refractivity contribution < 1.29 is 8.42 Å². The van der Waals surface area contributed by atoms with Gasteiger partial charge in [-0.2, -0.15) is 4.98 Å². The summed E-state index contributed by atoms with van der Waals surface area (Å²) in [6, 6.07) is 6.82. The molecule has 0 unspecified atom stereocenters. The van der Waals surface area contributed by atoms with Crippen LogP contribution in [0.25, 0.3) is 0 Å². The molecular formula is C12H16N4O2S. The van der Waals surface area contributed by atoms with E-state index in [0.29, 0.717) is 5.82 Å². The Morgan fingerprint density at radius 2 is 1.95 bits per heavy atom. The summed E-state index contributed by atoms with van der Waals surface area (Å²) in [5, 5.41) is 6.33. The highest BCUT2D eigenvalue weighted by Gasteiger charge is 2.16. The van der Waals surface area contributed by atoms with Gasteiger partial charge in [0, 0.05) is 0 Å². The molecule has 1 aromatic heterocycles. The molecule has 2 rings (SSSR count). The second kappa shape index (κ2) is 5.40. The first-order valence-corrected chi connectivity index (χ1v) is 7.50. The largest absolute Gasteiger partial charge is 0.264 e. The highest BCUT2D eigenvalue weighted by atomic mass is 32.2. The van der Waals surface area contributed by atoms with Crippen molar-refractivity contribution in [3.05, 3.63) is 35.7 Å². The lowest BCUT2D eigenvalue weighted by atomic mass is 10.1. The molecule has 6 nitrogen and oxygen atoms in total. The van der Waals surface area contributed by atoms with E-state index in [2.05, 4.69) is 26.8 Å². The van der Waals surface area contributed by atoms with Gasteiger partial charge in [-0.3, -0.25) is 5.10 Å². The second-order valence-electron chi connectivity index (χ2n) is 4.24. The van der Waals surface area contributed by atoms with Gasteiger partial charge in [-0.1, -0.05) is 25.5 Å². The fraction of sp³-hybridized carbons (Fsp3) is 0.333. The normalized spacial score (nSPS) is 11.5. The van der Waals surface area contributed by atoms with Crippen LogP contribution >= 0.6 is 0 Å². The van der Waals surface area contributed by atoms with Gasteiger partial charge in [0.1, 0.15) is 5.82 Å². The predicted octanol–water partition coefficient (Wildman–Crippen LogP) is 1.87. The van der Waals surface area contributed by atoms with Crippen LogP contribution in [0.4, 0.5) is 5.95 Å². The molecule has 0 radical (unpaired) electrons. The van der Waals surface area contributed by atoms with Gasteiger partial charge in [-0.05, 0) is 31.0 Å². The number of nitrogens with one attached hydrogen (secondary N) is 2. The number of H-pyrrole nitrogens is 1. The summed E-state index contributed by atoms with van der Waals surface area (Å²) < 4.78 is 26.5. The molecular weight excluding hydrogens is 264 g/mol. The maximum absolute atomic E-state index is 12.1. The van der Waals surface area contributed by atoms with E-state index in [-0.39, 0.29) is 10.8 Å². The van der Waals surface area contributed by atoms with Crippen LogP contribution in [0.15, 0.2) is 29.2 Å². The number of rotatable bonds is 5. The lowest BCUT2D eigenvalue weighted by Gasteiger charge is -2.05. The quantitative estimate of drug-likeness (QED) is 0.875. The summed E-state index contributed by atoms with van der Waals surface area (Å²) >= 11 is 0. The maximum Gasteiger partial charge on any atom is 0.264 e. The summed E-state index contributed by atoms with van der Waals surface area (Å²) in [6.45, 7) is 3.78. The SMILES string of the molecule is CCCc1ccc(S(=O)(=O)Nc2n[nH]c(C)n2)cc1. The first-order chi connectivity index (χ1) is 9.01. The van der Waals surface area contributed by atoms with Gasteiger partial charge < -0.3 is 0 Å². The number of hydrogen-bond acceptors (Lipinski definition) is 4. The molecule has 0 aliphatic rings. The van der Waals surface area contributed by atoms with Crippen LogP contribution in [0, 0.1) is 6.92 Å². The highest BCUT2D eigenvalue weighted by molar-refractivity contribution is 7.92. The van der Waals surface area contributed by atoms with Crippen molar-refractivity contribution in [1.29, 1.82) is 0 Å². The summed E-state index contributed by atoms with van der Waals surface area (Å²) in [5.41, 5.74) is 1.12. The van der Waals surface area contributed by atoms with E-state index in [0.717, 1.165) is 18.4 Å². The molecule has 0 saturated carbocycles. The van der Waals surface area contributed by atoms with E-state index < -0.39 is 10.0 Å². The van der Waals surface area contributed by atoms with E-state index in [1.54, 1.807) is 19.1 Å². The standard InChI is InChI=1S/C12H16N4O2S/c1-3-4-10-5-7-11(8-6-10)19(17,18)16-12-13-9(2)14-15-12/h5-8H,3-4H2,1-2H3,(H2,13,14,15,16). The van der Waals surface area contributed by atoms with Crippen LogP contribution in [-0.4, -0.2) is 23.6 Å². The predicted molar refractivity (Wildman–Crippen MR) is 72.4 cm³/mol. The van der Waals surface area contributed by atoms with E-state index in [9.17, 15) is 8.42 Å². The van der Waals surface area contributed by atoms with E-state index in [1.807, 2.05) is 12.1 Å². The fourth-order valence-corrected chi connectivity index (χ4v) is 2.64. The van der Waals surface area contributed by atoms with Crippen molar-refractivity contribution in [2.24, 2.45) is 0 Å². The molecule has 102 valence electrons. The van der Waals surface area contributed by atoms with Crippen molar-refractivity contribution in [3.63, 3.8) is 0 Å². The maximum atomic E-state index is 12.1. The monoisotopic (exact) mass is 280 g/mol. The molecule has 0 aliphatic carbocycles. The molecule has 0 saturated heterocycles. The molecule has 1 aromatic carbocycles. The topological polar surface area (TPSA) is 87.7 Å². The van der Waals surface area contributed by atoms with Crippen molar-refractivity contribution >= 4 is 16.0 Å². The Morgan fingerprint density at radius 3 is 2.47 bits per heavy atom. The highest BCUT2D eigenvalue weighted by Crippen LogP contribution is 2.14. The minimum absolute atomic E-state index is 0.0511. The van der Waals surface area contributed by atoms with Gasteiger partial charge in [0.2, 0.25) is 0 Å². The summed E-state index contributed by atoms with van der Waals surface area (Å²) in [5.74, 6) is 0.603. The number of nitrogens with zero attached hydrogens (tertiary/aromatic N) is 2. The van der Waals surface area contributed by atoms with Gasteiger partial charge in [-0.25, -0.2) is 13.1 Å².